The summed E-state index contributed by atoms with van der Waals surface area (Å²) in [7, 11) is 0. The van der Waals surface area contributed by atoms with Crippen LogP contribution in [0, 0.1) is 29.6 Å². The first-order chi connectivity index (χ1) is 9.43. The fraction of sp³-hybridized carbons (Fsp3) is 1.00. The number of rotatable bonds is 2. The van der Waals surface area contributed by atoms with Crippen LogP contribution in [0.15, 0.2) is 0 Å². The second kappa shape index (κ2) is 10.6. The third kappa shape index (κ3) is 7.17. The number of hydrogen-bond donors (Lipinski definition) is 1. The average molecular weight is 298 g/mol. The molecule has 21 heavy (non-hydrogen) atoms. The first kappa shape index (κ1) is 21.0. The van der Waals surface area contributed by atoms with Gasteiger partial charge in [0.25, 0.3) is 0 Å². The molecular weight excluding hydrogens is 254 g/mol. The highest BCUT2D eigenvalue weighted by Gasteiger charge is 2.24. The predicted octanol–water partition coefficient (Wildman–Crippen LogP) is 6.26. The van der Waals surface area contributed by atoms with Crippen LogP contribution >= 0.6 is 0 Å². The molecule has 4 atom stereocenters. The molecule has 2 rings (SSSR count). The highest BCUT2D eigenvalue weighted by molar-refractivity contribution is 4.79. The largest absolute Gasteiger partial charge is 0.327 e. The molecule has 2 N–H and O–H groups in total. The molecule has 0 aliphatic heterocycles. The van der Waals surface area contributed by atoms with Crippen molar-refractivity contribution in [3.63, 3.8) is 0 Å². The molecule has 2 aliphatic carbocycles. The minimum atomic E-state index is 0. The van der Waals surface area contributed by atoms with Crippen LogP contribution in [-0.2, 0) is 0 Å². The van der Waals surface area contributed by atoms with Gasteiger partial charge in [0.05, 0.1) is 0 Å². The zero-order valence-electron chi connectivity index (χ0n) is 14.7. The summed E-state index contributed by atoms with van der Waals surface area (Å²) in [6, 6.07) is 0.494. The lowest BCUT2D eigenvalue weighted by atomic mass is 9.75. The number of nitrogens with two attached hydrogens (primary N) is 1. The van der Waals surface area contributed by atoms with Crippen molar-refractivity contribution in [1.82, 2.24) is 0 Å². The van der Waals surface area contributed by atoms with Crippen molar-refractivity contribution >= 4 is 0 Å². The normalized spacial score (nSPS) is 33.1. The molecule has 0 heterocycles. The molecule has 128 valence electrons. The van der Waals surface area contributed by atoms with Gasteiger partial charge in [-0.15, -0.1) is 0 Å². The van der Waals surface area contributed by atoms with Crippen LogP contribution < -0.4 is 5.73 Å². The molecular formula is C20H43N. The molecule has 1 heteroatoms. The summed E-state index contributed by atoms with van der Waals surface area (Å²) >= 11 is 0. The summed E-state index contributed by atoms with van der Waals surface area (Å²) in [4.78, 5) is 0. The van der Waals surface area contributed by atoms with Crippen molar-refractivity contribution in [2.24, 2.45) is 35.3 Å². The Bertz CT molecular complexity index is 220. The zero-order chi connectivity index (χ0) is 15.1. The SMILES string of the molecule is C.CC(C)[C@@H]1CCCC[C@H]1C.CC(C)[C@@H]1CCCC[C@H]1N. The van der Waals surface area contributed by atoms with E-state index in [9.17, 15) is 0 Å². The molecule has 0 aromatic rings. The summed E-state index contributed by atoms with van der Waals surface area (Å²) in [5.41, 5.74) is 5.98. The highest BCUT2D eigenvalue weighted by atomic mass is 14.7. The smallest absolute Gasteiger partial charge is 0.00696 e. The maximum Gasteiger partial charge on any atom is 0.00696 e. The van der Waals surface area contributed by atoms with Gasteiger partial charge in [-0.25, -0.2) is 0 Å². The van der Waals surface area contributed by atoms with Gasteiger partial charge in [0, 0.05) is 6.04 Å². The fourth-order valence-electron chi connectivity index (χ4n) is 4.35. The van der Waals surface area contributed by atoms with Gasteiger partial charge >= 0.3 is 0 Å². The maximum absolute atomic E-state index is 5.98. The minimum Gasteiger partial charge on any atom is -0.327 e. The molecule has 0 spiro atoms. The Morgan fingerprint density at radius 1 is 0.714 bits per heavy atom. The van der Waals surface area contributed by atoms with E-state index in [4.69, 9.17) is 5.73 Å². The molecule has 2 saturated carbocycles. The van der Waals surface area contributed by atoms with E-state index in [2.05, 4.69) is 34.6 Å². The fourth-order valence-corrected chi connectivity index (χ4v) is 4.35. The van der Waals surface area contributed by atoms with E-state index >= 15 is 0 Å². The van der Waals surface area contributed by atoms with Gasteiger partial charge < -0.3 is 5.73 Å². The van der Waals surface area contributed by atoms with Gasteiger partial charge in [-0.05, 0) is 48.9 Å². The van der Waals surface area contributed by atoms with Crippen LogP contribution in [0.3, 0.4) is 0 Å². The molecule has 0 radical (unpaired) electrons. The molecule has 2 aliphatic rings. The van der Waals surface area contributed by atoms with Gasteiger partial charge in [0.1, 0.15) is 0 Å². The van der Waals surface area contributed by atoms with E-state index < -0.39 is 0 Å². The Morgan fingerprint density at radius 2 is 1.14 bits per heavy atom. The summed E-state index contributed by atoms with van der Waals surface area (Å²) in [5.74, 6) is 4.52. The highest BCUT2D eigenvalue weighted by Crippen LogP contribution is 2.34. The predicted molar refractivity (Wildman–Crippen MR) is 97.5 cm³/mol. The van der Waals surface area contributed by atoms with Crippen molar-refractivity contribution in [3.8, 4) is 0 Å². The lowest BCUT2D eigenvalue weighted by molar-refractivity contribution is 0.196. The molecule has 0 aromatic heterocycles. The summed E-state index contributed by atoms with van der Waals surface area (Å²) in [5, 5.41) is 0. The molecule has 0 saturated heterocycles. The Morgan fingerprint density at radius 3 is 1.48 bits per heavy atom. The molecule has 1 nitrogen and oxygen atoms in total. The first-order valence-corrected chi connectivity index (χ1v) is 9.19. The zero-order valence-corrected chi connectivity index (χ0v) is 14.7. The third-order valence-corrected chi connectivity index (χ3v) is 5.77. The standard InChI is InChI=1S/C10H20.C9H19N.CH4/c1-8(2)10-7-5-4-6-9(10)3;1-7(2)8-5-3-4-6-9(8)10;/h8-10H,4-7H2,1-3H3;7-9H,3-6,10H2,1-2H3;1H4/t9-,10+;8-,9+;/m10./s1. The second-order valence-corrected chi connectivity index (χ2v) is 8.03. The van der Waals surface area contributed by atoms with Gasteiger partial charge in [-0.2, -0.15) is 0 Å². The Hall–Kier alpha value is -0.0400. The summed E-state index contributed by atoms with van der Waals surface area (Å²) in [6.07, 6.45) is 11.3. The van der Waals surface area contributed by atoms with Crippen molar-refractivity contribution < 1.29 is 0 Å². The number of hydrogen-bond acceptors (Lipinski definition) is 1. The van der Waals surface area contributed by atoms with Crippen LogP contribution in [0.2, 0.25) is 0 Å². The molecule has 0 unspecified atom stereocenters. The van der Waals surface area contributed by atoms with Crippen LogP contribution in [0.1, 0.15) is 93.4 Å². The first-order valence-electron chi connectivity index (χ1n) is 9.19. The van der Waals surface area contributed by atoms with E-state index in [-0.39, 0.29) is 7.43 Å². The van der Waals surface area contributed by atoms with Crippen molar-refractivity contribution in [2.75, 3.05) is 0 Å². The molecule has 2 fully saturated rings. The Balaban J connectivity index is 0.000000364. The van der Waals surface area contributed by atoms with E-state index in [0.29, 0.717) is 6.04 Å². The topological polar surface area (TPSA) is 26.0 Å². The van der Waals surface area contributed by atoms with E-state index in [0.717, 1.165) is 29.6 Å². The van der Waals surface area contributed by atoms with Gasteiger partial charge in [0.2, 0.25) is 0 Å². The average Bonchev–Trinajstić information content (AvgIpc) is 2.40. The van der Waals surface area contributed by atoms with Crippen molar-refractivity contribution in [1.29, 1.82) is 0 Å². The lowest BCUT2D eigenvalue weighted by Gasteiger charge is -2.31. The monoisotopic (exact) mass is 297 g/mol. The Labute approximate surface area is 135 Å². The Kier molecular flexibility index (Phi) is 10.6. The van der Waals surface area contributed by atoms with Crippen LogP contribution in [0.25, 0.3) is 0 Å². The van der Waals surface area contributed by atoms with E-state index in [1.165, 1.54) is 51.4 Å². The molecule has 0 amide bonds. The molecule has 0 bridgehead atoms. The van der Waals surface area contributed by atoms with Crippen LogP contribution in [-0.4, -0.2) is 6.04 Å². The maximum atomic E-state index is 5.98. The quantitative estimate of drug-likeness (QED) is 0.639. The van der Waals surface area contributed by atoms with Gasteiger partial charge in [0.15, 0.2) is 0 Å². The second-order valence-electron chi connectivity index (χ2n) is 8.03. The van der Waals surface area contributed by atoms with Crippen LogP contribution in [0.5, 0.6) is 0 Å². The van der Waals surface area contributed by atoms with E-state index in [1.807, 2.05) is 0 Å². The van der Waals surface area contributed by atoms with Gasteiger partial charge in [-0.1, -0.05) is 74.1 Å². The summed E-state index contributed by atoms with van der Waals surface area (Å²) < 4.78 is 0. The van der Waals surface area contributed by atoms with Gasteiger partial charge in [-0.3, -0.25) is 0 Å². The van der Waals surface area contributed by atoms with Crippen LogP contribution in [0.4, 0.5) is 0 Å². The van der Waals surface area contributed by atoms with E-state index in [1.54, 1.807) is 0 Å². The van der Waals surface area contributed by atoms with Crippen molar-refractivity contribution in [2.45, 2.75) is 99.5 Å². The molecule has 0 aromatic carbocycles. The lowest BCUT2D eigenvalue weighted by Crippen LogP contribution is -2.35. The van der Waals surface area contributed by atoms with Crippen molar-refractivity contribution in [3.05, 3.63) is 0 Å². The minimum absolute atomic E-state index is 0. The third-order valence-electron chi connectivity index (χ3n) is 5.77. The summed E-state index contributed by atoms with van der Waals surface area (Å²) in [6.45, 7) is 11.7.